The Bertz CT molecular complexity index is 3150. The highest BCUT2D eigenvalue weighted by atomic mass is 28.3. The van der Waals surface area contributed by atoms with Gasteiger partial charge in [0.1, 0.15) is 16.8 Å². The first-order chi connectivity index (χ1) is 27.4. The normalized spacial score (nSPS) is 16.0. The predicted molar refractivity (Wildman–Crippen MR) is 238 cm³/mol. The summed E-state index contributed by atoms with van der Waals surface area (Å²) in [5, 5.41) is 6.28. The molecule has 2 aliphatic heterocycles. The van der Waals surface area contributed by atoms with Crippen molar-refractivity contribution < 1.29 is 13.6 Å². The molecule has 280 valence electrons. The Morgan fingerprint density at radius 3 is 2.21 bits per heavy atom. The summed E-state index contributed by atoms with van der Waals surface area (Å²) in [6.45, 7) is 19.1. The van der Waals surface area contributed by atoms with Crippen LogP contribution in [0, 0.1) is 5.92 Å². The van der Waals surface area contributed by atoms with E-state index in [1.807, 2.05) is 0 Å². The first kappa shape index (κ1) is 34.5. The van der Waals surface area contributed by atoms with Crippen molar-refractivity contribution in [2.24, 2.45) is 5.92 Å². The van der Waals surface area contributed by atoms with Crippen molar-refractivity contribution in [3.8, 4) is 28.3 Å². The van der Waals surface area contributed by atoms with Crippen LogP contribution in [-0.2, 0) is 17.5 Å². The molecule has 0 radical (unpaired) electrons. The smallest absolute Gasteiger partial charge is 0.364 e. The van der Waals surface area contributed by atoms with Gasteiger partial charge in [-0.05, 0) is 94.9 Å². The van der Waals surface area contributed by atoms with E-state index >= 15 is 0 Å². The van der Waals surface area contributed by atoms with Gasteiger partial charge in [0.2, 0.25) is 5.69 Å². The third-order valence-corrected chi connectivity index (χ3v) is 14.8. The number of rotatable bonds is 4. The minimum absolute atomic E-state index is 0.0394. The molecule has 0 saturated carbocycles. The molecule has 0 bridgehead atoms. The maximum Gasteiger partial charge on any atom is 0.364 e. The molecule has 1 unspecified atom stereocenters. The summed E-state index contributed by atoms with van der Waals surface area (Å²) in [5.41, 5.74) is 13.8. The largest absolute Gasteiger partial charge is 0.455 e. The standard InChI is InChI=1S/C52H49N3OSi/c1-32(2)29-34-30-44-40-18-11-13-19-41(40)52(53(44)31-46(34)57(6,7)8)42-27-26-39-38-17-12-14-20-45(38)56-49(39)47(42)50-54(36-24-22-35(23-25-36)51(3,4)5)43-28-21-33-15-9-10-16-37(33)48(43)55(50)52/h9-28,30-32H,29H2,1-8H3/q+2. The lowest BCUT2D eigenvalue weighted by atomic mass is 9.87. The maximum absolute atomic E-state index is 7.08. The quantitative estimate of drug-likeness (QED) is 0.130. The molecule has 0 aliphatic carbocycles. The van der Waals surface area contributed by atoms with Crippen molar-refractivity contribution in [1.29, 1.82) is 0 Å². The molecule has 0 amide bonds. The van der Waals surface area contributed by atoms with Crippen LogP contribution >= 0.6 is 0 Å². The number of pyridine rings is 1. The van der Waals surface area contributed by atoms with Crippen LogP contribution in [0.5, 0.6) is 0 Å². The molecule has 5 heteroatoms. The summed E-state index contributed by atoms with van der Waals surface area (Å²) >= 11 is 0. The number of benzene rings is 6. The second kappa shape index (κ2) is 11.6. The predicted octanol–water partition coefficient (Wildman–Crippen LogP) is 11.6. The van der Waals surface area contributed by atoms with Gasteiger partial charge >= 0.3 is 11.5 Å². The van der Waals surface area contributed by atoms with Crippen molar-refractivity contribution in [2.75, 3.05) is 0 Å². The fourth-order valence-electron chi connectivity index (χ4n) is 10.3. The van der Waals surface area contributed by atoms with Crippen molar-refractivity contribution >= 4 is 57.0 Å². The van der Waals surface area contributed by atoms with E-state index in [0.717, 1.165) is 45.4 Å². The van der Waals surface area contributed by atoms with Gasteiger partial charge in [0.25, 0.3) is 0 Å². The number of nitrogens with zero attached hydrogens (tertiary/aromatic N) is 3. The Labute approximate surface area is 335 Å². The van der Waals surface area contributed by atoms with Crippen LogP contribution in [0.2, 0.25) is 19.6 Å². The summed E-state index contributed by atoms with van der Waals surface area (Å²) < 4.78 is 15.0. The van der Waals surface area contributed by atoms with Crippen LogP contribution < -0.4 is 14.3 Å². The molecule has 4 nitrogen and oxygen atoms in total. The van der Waals surface area contributed by atoms with Gasteiger partial charge in [-0.15, -0.1) is 9.13 Å². The van der Waals surface area contributed by atoms with Crippen molar-refractivity contribution in [1.82, 2.24) is 4.57 Å². The Balaban J connectivity index is 1.40. The van der Waals surface area contributed by atoms with E-state index < -0.39 is 13.7 Å². The number of furan rings is 1. The monoisotopic (exact) mass is 759 g/mol. The minimum Gasteiger partial charge on any atom is -0.455 e. The first-order valence-electron chi connectivity index (χ1n) is 20.6. The Kier molecular flexibility index (Phi) is 7.04. The van der Waals surface area contributed by atoms with Gasteiger partial charge in [-0.25, -0.2) is 0 Å². The lowest BCUT2D eigenvalue weighted by molar-refractivity contribution is -0.944. The molecule has 11 rings (SSSR count). The van der Waals surface area contributed by atoms with Crippen molar-refractivity contribution in [3.05, 3.63) is 156 Å². The zero-order chi connectivity index (χ0) is 39.2. The highest BCUT2D eigenvalue weighted by Crippen LogP contribution is 2.53. The van der Waals surface area contributed by atoms with Gasteiger partial charge < -0.3 is 4.42 Å². The maximum atomic E-state index is 7.08. The van der Waals surface area contributed by atoms with Gasteiger partial charge in [0.15, 0.2) is 22.8 Å². The molecule has 1 atom stereocenters. The topological polar surface area (TPSA) is 25.8 Å². The van der Waals surface area contributed by atoms with Crippen LogP contribution in [0.25, 0.3) is 72.1 Å². The molecule has 0 N–H and O–H groups in total. The van der Waals surface area contributed by atoms with Gasteiger partial charge in [-0.2, -0.15) is 4.57 Å². The lowest BCUT2D eigenvalue weighted by Gasteiger charge is -2.24. The molecule has 0 saturated heterocycles. The Morgan fingerprint density at radius 1 is 0.737 bits per heavy atom. The van der Waals surface area contributed by atoms with Crippen LogP contribution in [0.3, 0.4) is 0 Å². The average Bonchev–Trinajstić information content (AvgIpc) is 3.90. The molecule has 2 aliphatic rings. The summed E-state index contributed by atoms with van der Waals surface area (Å²) in [4.78, 5) is 0. The van der Waals surface area contributed by atoms with Crippen LogP contribution in [-0.4, -0.2) is 12.6 Å². The number of imidazole rings is 1. The highest BCUT2D eigenvalue weighted by Gasteiger charge is 2.67. The van der Waals surface area contributed by atoms with Crippen molar-refractivity contribution in [2.45, 2.75) is 71.8 Å². The van der Waals surface area contributed by atoms with Gasteiger partial charge in [-0.3, -0.25) is 0 Å². The highest BCUT2D eigenvalue weighted by molar-refractivity contribution is 6.89. The SMILES string of the molecule is CC(C)Cc1cc2[n+](cc1[Si](C)(C)C)C1(c3ccccc3-2)c2ccc3c(oc4ccccc43)c2-c2n(-c3ccc(C(C)(C)C)cc3)c3ccc4ccccc4c3[n+]21. The summed E-state index contributed by atoms with van der Waals surface area (Å²) in [5.74, 6) is 1.69. The van der Waals surface area contributed by atoms with E-state index in [1.165, 1.54) is 60.5 Å². The number of aromatic nitrogens is 3. The van der Waals surface area contributed by atoms with Gasteiger partial charge in [0.05, 0.1) is 24.8 Å². The van der Waals surface area contributed by atoms with Gasteiger partial charge in [-0.1, -0.05) is 115 Å². The number of para-hydroxylation sites is 1. The summed E-state index contributed by atoms with van der Waals surface area (Å²) in [6.07, 6.45) is 3.64. The van der Waals surface area contributed by atoms with Crippen LogP contribution in [0.4, 0.5) is 0 Å². The molecule has 3 aromatic heterocycles. The molecular formula is C52H49N3OSi+2. The minimum atomic E-state index is -1.83. The van der Waals surface area contributed by atoms with E-state index in [4.69, 9.17) is 4.42 Å². The van der Waals surface area contributed by atoms with Gasteiger partial charge in [0, 0.05) is 27.4 Å². The Hall–Kier alpha value is -5.78. The number of hydrogen-bond acceptors (Lipinski definition) is 1. The molecule has 0 fully saturated rings. The second-order valence-electron chi connectivity index (χ2n) is 18.9. The summed E-state index contributed by atoms with van der Waals surface area (Å²) in [6, 6.07) is 47.9. The van der Waals surface area contributed by atoms with E-state index in [0.29, 0.717) is 5.92 Å². The fourth-order valence-corrected chi connectivity index (χ4v) is 12.0. The van der Waals surface area contributed by atoms with E-state index in [9.17, 15) is 0 Å². The molecule has 5 heterocycles. The zero-order valence-corrected chi connectivity index (χ0v) is 35.2. The van der Waals surface area contributed by atoms with E-state index in [1.54, 1.807) is 0 Å². The number of fused-ring (bicyclic) bond motifs is 18. The summed E-state index contributed by atoms with van der Waals surface area (Å²) in [7, 11) is -1.83. The van der Waals surface area contributed by atoms with E-state index in [2.05, 4.69) is 202 Å². The molecule has 1 spiro atoms. The molecule has 9 aromatic rings. The zero-order valence-electron chi connectivity index (χ0n) is 34.2. The van der Waals surface area contributed by atoms with Crippen LogP contribution in [0.15, 0.2) is 138 Å². The van der Waals surface area contributed by atoms with Crippen LogP contribution in [0.1, 0.15) is 56.9 Å². The molecular weight excluding hydrogens is 711 g/mol. The number of hydrogen-bond donors (Lipinski definition) is 0. The Morgan fingerprint density at radius 2 is 1.46 bits per heavy atom. The third-order valence-electron chi connectivity index (χ3n) is 12.8. The first-order valence-corrected chi connectivity index (χ1v) is 24.1. The molecule has 57 heavy (non-hydrogen) atoms. The molecule has 6 aromatic carbocycles. The second-order valence-corrected chi connectivity index (χ2v) is 24.0. The van der Waals surface area contributed by atoms with Crippen molar-refractivity contribution in [3.63, 3.8) is 0 Å². The third kappa shape index (κ3) is 4.61. The lowest BCUT2D eigenvalue weighted by Crippen LogP contribution is -2.72. The van der Waals surface area contributed by atoms with E-state index in [-0.39, 0.29) is 5.41 Å². The average molecular weight is 760 g/mol. The fraction of sp³-hybridized carbons (Fsp3) is 0.231.